The molecule has 0 saturated carbocycles. The van der Waals surface area contributed by atoms with Gasteiger partial charge in [0.05, 0.1) is 5.69 Å². The van der Waals surface area contributed by atoms with Crippen LogP contribution in [-0.4, -0.2) is 27.3 Å². The second-order valence-corrected chi connectivity index (χ2v) is 7.08. The van der Waals surface area contributed by atoms with Crippen molar-refractivity contribution in [2.45, 2.75) is 8.86 Å². The molecule has 0 radical (unpaired) electrons. The van der Waals surface area contributed by atoms with Crippen LogP contribution in [0.15, 0.2) is 47.6 Å². The number of benzene rings is 1. The van der Waals surface area contributed by atoms with Crippen LogP contribution in [0.25, 0.3) is 0 Å². The molecule has 138 valence electrons. The molecule has 3 aromatic rings. The molecule has 1 aromatic carbocycles. The number of nitrogens with one attached hydrogen (secondary N) is 2. The van der Waals surface area contributed by atoms with E-state index in [1.807, 2.05) is 36.4 Å². The Morgan fingerprint density at radius 1 is 1.26 bits per heavy atom. The molecular weight excluding hydrogens is 570 g/mol. The molecule has 2 heterocycles. The Balaban J connectivity index is 1.91. The Bertz CT molecular complexity index is 985. The second kappa shape index (κ2) is 9.26. The molecule has 0 fully saturated rings. The lowest BCUT2D eigenvalue weighted by Crippen LogP contribution is -2.12. The number of hydrogen-bond donors (Lipinski definition) is 3. The van der Waals surface area contributed by atoms with Crippen molar-refractivity contribution >= 4 is 74.6 Å². The maximum absolute atomic E-state index is 12.0. The zero-order valence-corrected chi connectivity index (χ0v) is 18.4. The number of nitrogens with zero attached hydrogens (tertiary/aromatic N) is 3. The van der Waals surface area contributed by atoms with Crippen LogP contribution < -0.4 is 11.1 Å². The van der Waals surface area contributed by atoms with E-state index >= 15 is 0 Å². The molecule has 0 atom stereocenters. The Morgan fingerprint density at radius 3 is 2.85 bits per heavy atom. The molecule has 0 unspecified atom stereocenters. The van der Waals surface area contributed by atoms with E-state index in [0.29, 0.717) is 5.82 Å². The standard InChI is InChI=1S/C18H16I2N6O/c19-8-11-3-1-5-13(7-11)24-18-15(16(21)27)17(25-26-18)23-10-12-4-2-6-22-14(12)9-20/h1-7,10H,8-9H2,(H2,21,27)(H2,24,25,26). The number of amides is 1. The number of carbonyl (C=O) groups is 1. The average molecular weight is 586 g/mol. The first-order valence-corrected chi connectivity index (χ1v) is 11.0. The number of aliphatic imine (C=N–C) groups is 1. The quantitative estimate of drug-likeness (QED) is 0.219. The molecule has 27 heavy (non-hydrogen) atoms. The topological polar surface area (TPSA) is 109 Å². The first-order chi connectivity index (χ1) is 13.1. The highest BCUT2D eigenvalue weighted by Crippen LogP contribution is 2.27. The van der Waals surface area contributed by atoms with Crippen LogP contribution >= 0.6 is 45.2 Å². The monoisotopic (exact) mass is 586 g/mol. The van der Waals surface area contributed by atoms with E-state index in [2.05, 4.69) is 70.7 Å². The molecule has 7 nitrogen and oxygen atoms in total. The van der Waals surface area contributed by atoms with Gasteiger partial charge in [0.2, 0.25) is 0 Å². The van der Waals surface area contributed by atoms with Crippen molar-refractivity contribution in [2.24, 2.45) is 10.7 Å². The van der Waals surface area contributed by atoms with Gasteiger partial charge in [0.25, 0.3) is 5.91 Å². The van der Waals surface area contributed by atoms with Crippen molar-refractivity contribution in [3.63, 3.8) is 0 Å². The van der Waals surface area contributed by atoms with Crippen molar-refractivity contribution in [1.82, 2.24) is 15.2 Å². The predicted molar refractivity (Wildman–Crippen MR) is 124 cm³/mol. The van der Waals surface area contributed by atoms with E-state index in [0.717, 1.165) is 25.8 Å². The molecule has 0 aliphatic carbocycles. The van der Waals surface area contributed by atoms with E-state index in [-0.39, 0.29) is 11.4 Å². The number of primary amides is 1. The zero-order valence-electron chi connectivity index (χ0n) is 14.1. The maximum Gasteiger partial charge on any atom is 0.256 e. The van der Waals surface area contributed by atoms with Crippen LogP contribution in [0.3, 0.4) is 0 Å². The largest absolute Gasteiger partial charge is 0.365 e. The lowest BCUT2D eigenvalue weighted by Gasteiger charge is -2.06. The third-order valence-corrected chi connectivity index (χ3v) is 5.33. The third kappa shape index (κ3) is 4.83. The number of anilines is 2. The molecule has 3 rings (SSSR count). The van der Waals surface area contributed by atoms with Gasteiger partial charge in [-0.05, 0) is 23.8 Å². The molecule has 9 heteroatoms. The summed E-state index contributed by atoms with van der Waals surface area (Å²) < 4.78 is 1.64. The van der Waals surface area contributed by atoms with Gasteiger partial charge >= 0.3 is 0 Å². The van der Waals surface area contributed by atoms with E-state index in [1.54, 1.807) is 12.4 Å². The van der Waals surface area contributed by atoms with Crippen LogP contribution in [0.2, 0.25) is 0 Å². The second-order valence-electron chi connectivity index (χ2n) is 5.55. The van der Waals surface area contributed by atoms with Crippen molar-refractivity contribution in [1.29, 1.82) is 0 Å². The van der Waals surface area contributed by atoms with Gasteiger partial charge < -0.3 is 11.1 Å². The molecule has 0 aliphatic heterocycles. The van der Waals surface area contributed by atoms with E-state index in [9.17, 15) is 4.79 Å². The van der Waals surface area contributed by atoms with Crippen LogP contribution in [0.4, 0.5) is 17.3 Å². The summed E-state index contributed by atoms with van der Waals surface area (Å²) in [6, 6.07) is 11.6. The maximum atomic E-state index is 12.0. The molecule has 0 aliphatic rings. The summed E-state index contributed by atoms with van der Waals surface area (Å²) in [6.45, 7) is 0. The van der Waals surface area contributed by atoms with Gasteiger partial charge in [-0.1, -0.05) is 63.4 Å². The lowest BCUT2D eigenvalue weighted by molar-refractivity contribution is 0.100. The number of alkyl halides is 2. The number of pyridine rings is 1. The van der Waals surface area contributed by atoms with Crippen molar-refractivity contribution in [3.8, 4) is 0 Å². The average Bonchev–Trinajstić information content (AvgIpc) is 3.09. The third-order valence-electron chi connectivity index (χ3n) is 3.72. The summed E-state index contributed by atoms with van der Waals surface area (Å²) in [5.41, 5.74) is 9.57. The Labute approximate surface area is 183 Å². The predicted octanol–water partition coefficient (Wildman–Crippen LogP) is 4.27. The normalized spacial score (nSPS) is 11.0. The highest BCUT2D eigenvalue weighted by Gasteiger charge is 2.18. The molecule has 0 saturated heterocycles. The van der Waals surface area contributed by atoms with Gasteiger partial charge in [-0.15, -0.1) is 0 Å². The summed E-state index contributed by atoms with van der Waals surface area (Å²) in [5.74, 6) is 0.0441. The fourth-order valence-corrected chi connectivity index (χ4v) is 3.55. The number of carbonyl (C=O) groups excluding carboxylic acids is 1. The number of hydrogen-bond acceptors (Lipinski definition) is 5. The van der Waals surface area contributed by atoms with Crippen LogP contribution in [0.1, 0.15) is 27.2 Å². The molecule has 0 spiro atoms. The summed E-state index contributed by atoms with van der Waals surface area (Å²) in [4.78, 5) is 20.6. The fraction of sp³-hybridized carbons (Fsp3) is 0.111. The summed E-state index contributed by atoms with van der Waals surface area (Å²) >= 11 is 4.54. The van der Waals surface area contributed by atoms with Crippen molar-refractivity contribution < 1.29 is 4.79 Å². The molecule has 1 amide bonds. The van der Waals surface area contributed by atoms with Gasteiger partial charge in [0.15, 0.2) is 5.82 Å². The first kappa shape index (κ1) is 19.7. The minimum atomic E-state index is -0.608. The van der Waals surface area contributed by atoms with Crippen LogP contribution in [0.5, 0.6) is 0 Å². The van der Waals surface area contributed by atoms with E-state index < -0.39 is 5.91 Å². The van der Waals surface area contributed by atoms with Gasteiger partial charge in [0.1, 0.15) is 11.4 Å². The van der Waals surface area contributed by atoms with Crippen molar-refractivity contribution in [2.75, 3.05) is 5.32 Å². The van der Waals surface area contributed by atoms with Gasteiger partial charge in [-0.25, -0.2) is 4.99 Å². The SMILES string of the molecule is NC(=O)c1c(N=Cc2cccnc2CI)n[nH]c1Nc1cccc(CI)c1. The van der Waals surface area contributed by atoms with E-state index in [1.165, 1.54) is 5.56 Å². The van der Waals surface area contributed by atoms with Gasteiger partial charge in [0, 0.05) is 32.5 Å². The number of nitrogens with two attached hydrogens (primary N) is 1. The van der Waals surface area contributed by atoms with Gasteiger partial charge in [-0.3, -0.25) is 14.9 Å². The first-order valence-electron chi connectivity index (χ1n) is 7.96. The fourth-order valence-electron chi connectivity index (χ4n) is 2.44. The Morgan fingerprint density at radius 2 is 2.11 bits per heavy atom. The van der Waals surface area contributed by atoms with Crippen molar-refractivity contribution in [3.05, 3.63) is 65.0 Å². The minimum absolute atomic E-state index is 0.214. The molecule has 4 N–H and O–H groups in total. The molecule has 0 bridgehead atoms. The number of H-pyrrole nitrogens is 1. The number of aromatic nitrogens is 3. The summed E-state index contributed by atoms with van der Waals surface area (Å²) in [7, 11) is 0. The van der Waals surface area contributed by atoms with Crippen LogP contribution in [0, 0.1) is 0 Å². The molecule has 2 aromatic heterocycles. The summed E-state index contributed by atoms with van der Waals surface area (Å²) in [5, 5.41) is 10.1. The number of aromatic amines is 1. The lowest BCUT2D eigenvalue weighted by atomic mass is 10.2. The Kier molecular flexibility index (Phi) is 6.77. The smallest absolute Gasteiger partial charge is 0.256 e. The number of rotatable bonds is 7. The zero-order chi connectivity index (χ0) is 19.2. The minimum Gasteiger partial charge on any atom is -0.365 e. The van der Waals surface area contributed by atoms with E-state index in [4.69, 9.17) is 5.73 Å². The Hall–Kier alpha value is -2.02. The van der Waals surface area contributed by atoms with Crippen LogP contribution in [-0.2, 0) is 8.86 Å². The van der Waals surface area contributed by atoms with Gasteiger partial charge in [-0.2, -0.15) is 5.10 Å². The summed E-state index contributed by atoms with van der Waals surface area (Å²) in [6.07, 6.45) is 3.38. The highest BCUT2D eigenvalue weighted by atomic mass is 127. The highest BCUT2D eigenvalue weighted by molar-refractivity contribution is 14.1. The molecular formula is C18H16I2N6O. The number of halogens is 2.